The van der Waals surface area contributed by atoms with Crippen LogP contribution in [-0.2, 0) is 4.74 Å². The molecule has 1 saturated heterocycles. The highest BCUT2D eigenvalue weighted by atomic mass is 79.9. The average Bonchev–Trinajstić information content (AvgIpc) is 2.39. The second-order valence-corrected chi connectivity index (χ2v) is 4.79. The predicted molar refractivity (Wildman–Crippen MR) is 69.6 cm³/mol. The van der Waals surface area contributed by atoms with Crippen LogP contribution in [0.25, 0.3) is 0 Å². The summed E-state index contributed by atoms with van der Waals surface area (Å²) < 4.78 is 6.18. The van der Waals surface area contributed by atoms with Gasteiger partial charge in [-0.05, 0) is 34.7 Å². The number of aromatic nitrogens is 2. The maximum atomic E-state index is 5.43. The quantitative estimate of drug-likeness (QED) is 0.575. The van der Waals surface area contributed by atoms with Crippen LogP contribution in [-0.4, -0.2) is 29.7 Å². The van der Waals surface area contributed by atoms with Crippen molar-refractivity contribution in [3.63, 3.8) is 0 Å². The monoisotopic (exact) mass is 301 g/mol. The number of halogens is 1. The zero-order valence-electron chi connectivity index (χ0n) is 9.45. The molecule has 2 heterocycles. The van der Waals surface area contributed by atoms with E-state index in [9.17, 15) is 0 Å². The Balaban J connectivity index is 1.93. The summed E-state index contributed by atoms with van der Waals surface area (Å²) in [5.41, 5.74) is 2.51. The highest BCUT2D eigenvalue weighted by Gasteiger charge is 2.15. The molecule has 1 unspecified atom stereocenters. The number of nitrogen functional groups attached to an aromatic ring is 1. The summed E-state index contributed by atoms with van der Waals surface area (Å²) in [6, 6.07) is 0. The fourth-order valence-corrected chi connectivity index (χ4v) is 2.26. The van der Waals surface area contributed by atoms with E-state index in [0.717, 1.165) is 36.5 Å². The summed E-state index contributed by atoms with van der Waals surface area (Å²) in [6.45, 7) is 2.55. The molecule has 1 aromatic rings. The van der Waals surface area contributed by atoms with E-state index in [4.69, 9.17) is 10.6 Å². The van der Waals surface area contributed by atoms with Gasteiger partial charge in [0.15, 0.2) is 5.82 Å². The topological polar surface area (TPSA) is 85.1 Å². The lowest BCUT2D eigenvalue weighted by atomic mass is 10.0. The van der Waals surface area contributed by atoms with Gasteiger partial charge >= 0.3 is 0 Å². The Hall–Kier alpha value is -0.920. The number of nitrogens with one attached hydrogen (secondary N) is 2. The van der Waals surface area contributed by atoms with Crippen LogP contribution in [0, 0.1) is 5.92 Å². The lowest BCUT2D eigenvalue weighted by molar-refractivity contribution is 0.0595. The Bertz CT molecular complexity index is 370. The van der Waals surface area contributed by atoms with E-state index < -0.39 is 0 Å². The molecule has 0 aromatic carbocycles. The molecule has 0 amide bonds. The zero-order valence-corrected chi connectivity index (χ0v) is 11.0. The first-order chi connectivity index (χ1) is 8.31. The van der Waals surface area contributed by atoms with E-state index in [1.165, 1.54) is 12.7 Å². The van der Waals surface area contributed by atoms with E-state index in [-0.39, 0.29) is 0 Å². The molecule has 2 rings (SSSR count). The largest absolute Gasteiger partial charge is 0.381 e. The lowest BCUT2D eigenvalue weighted by Gasteiger charge is -2.22. The van der Waals surface area contributed by atoms with Gasteiger partial charge in [-0.15, -0.1) is 0 Å². The van der Waals surface area contributed by atoms with Crippen LogP contribution in [0.5, 0.6) is 0 Å². The first-order valence-electron chi connectivity index (χ1n) is 5.60. The number of ether oxygens (including phenoxy) is 1. The molecule has 17 heavy (non-hydrogen) atoms. The van der Waals surface area contributed by atoms with Crippen molar-refractivity contribution in [1.29, 1.82) is 0 Å². The first-order valence-corrected chi connectivity index (χ1v) is 6.39. The van der Waals surface area contributed by atoms with Crippen LogP contribution in [0.3, 0.4) is 0 Å². The summed E-state index contributed by atoms with van der Waals surface area (Å²) >= 11 is 3.41. The Morgan fingerprint density at radius 1 is 1.47 bits per heavy atom. The first kappa shape index (κ1) is 12.5. The summed E-state index contributed by atoms with van der Waals surface area (Å²) in [5, 5.41) is 3.28. The van der Waals surface area contributed by atoms with Gasteiger partial charge in [0.1, 0.15) is 16.6 Å². The molecule has 7 heteroatoms. The van der Waals surface area contributed by atoms with E-state index in [2.05, 4.69) is 36.6 Å². The smallest absolute Gasteiger partial charge is 0.159 e. The van der Waals surface area contributed by atoms with Gasteiger partial charge in [-0.25, -0.2) is 15.8 Å². The molecule has 0 bridgehead atoms. The fourth-order valence-electron chi connectivity index (χ4n) is 1.80. The maximum Gasteiger partial charge on any atom is 0.159 e. The van der Waals surface area contributed by atoms with Crippen molar-refractivity contribution in [3.8, 4) is 0 Å². The summed E-state index contributed by atoms with van der Waals surface area (Å²) in [5.74, 6) is 7.20. The maximum absolute atomic E-state index is 5.43. The summed E-state index contributed by atoms with van der Waals surface area (Å²) in [4.78, 5) is 8.16. The van der Waals surface area contributed by atoms with E-state index in [1.54, 1.807) is 0 Å². The van der Waals surface area contributed by atoms with E-state index in [1.807, 2.05) is 0 Å². The van der Waals surface area contributed by atoms with Crippen molar-refractivity contribution in [1.82, 2.24) is 9.97 Å². The molecule has 1 aliphatic heterocycles. The fraction of sp³-hybridized carbons (Fsp3) is 0.600. The van der Waals surface area contributed by atoms with E-state index in [0.29, 0.717) is 11.7 Å². The van der Waals surface area contributed by atoms with Crippen molar-refractivity contribution in [2.45, 2.75) is 12.8 Å². The van der Waals surface area contributed by atoms with Gasteiger partial charge in [-0.3, -0.25) is 0 Å². The lowest BCUT2D eigenvalue weighted by Crippen LogP contribution is -2.24. The predicted octanol–water partition coefficient (Wildman–Crippen LogP) is 1.36. The minimum Gasteiger partial charge on any atom is -0.381 e. The zero-order chi connectivity index (χ0) is 12.1. The molecular formula is C10H16BrN5O. The van der Waals surface area contributed by atoms with Crippen LogP contribution in [0.4, 0.5) is 11.6 Å². The number of anilines is 2. The molecule has 4 N–H and O–H groups in total. The van der Waals surface area contributed by atoms with Crippen LogP contribution < -0.4 is 16.6 Å². The Kier molecular flexibility index (Phi) is 4.52. The highest BCUT2D eigenvalue weighted by Crippen LogP contribution is 2.26. The van der Waals surface area contributed by atoms with Gasteiger partial charge in [-0.1, -0.05) is 0 Å². The van der Waals surface area contributed by atoms with Gasteiger partial charge in [0, 0.05) is 13.2 Å². The van der Waals surface area contributed by atoms with Gasteiger partial charge in [0.25, 0.3) is 0 Å². The summed E-state index contributed by atoms with van der Waals surface area (Å²) in [7, 11) is 0. The SMILES string of the molecule is NNc1ncnc(NCC2CCCOC2)c1Br. The number of rotatable bonds is 4. The molecule has 94 valence electrons. The molecule has 1 fully saturated rings. The standard InChI is InChI=1S/C10H16BrN5O/c11-8-9(14-6-15-10(8)16-12)13-4-7-2-1-3-17-5-7/h6-7H,1-5,12H2,(H2,13,14,15,16). The van der Waals surface area contributed by atoms with Crippen molar-refractivity contribution in [3.05, 3.63) is 10.8 Å². The van der Waals surface area contributed by atoms with Crippen molar-refractivity contribution in [2.24, 2.45) is 11.8 Å². The number of hydrogen-bond acceptors (Lipinski definition) is 6. The highest BCUT2D eigenvalue weighted by molar-refractivity contribution is 9.10. The van der Waals surface area contributed by atoms with Crippen LogP contribution >= 0.6 is 15.9 Å². The minimum absolute atomic E-state index is 0.542. The van der Waals surface area contributed by atoms with Crippen molar-refractivity contribution >= 4 is 27.6 Å². The third kappa shape index (κ3) is 3.27. The van der Waals surface area contributed by atoms with Gasteiger partial charge in [0.2, 0.25) is 0 Å². The molecule has 1 atom stereocenters. The average molecular weight is 302 g/mol. The molecule has 1 aromatic heterocycles. The number of nitrogens with zero attached hydrogens (tertiary/aromatic N) is 2. The molecule has 0 radical (unpaired) electrons. The second-order valence-electron chi connectivity index (χ2n) is 3.99. The van der Waals surface area contributed by atoms with Crippen LogP contribution in [0.1, 0.15) is 12.8 Å². The molecule has 6 nitrogen and oxygen atoms in total. The Labute approximate surface area is 108 Å². The third-order valence-electron chi connectivity index (χ3n) is 2.74. The minimum atomic E-state index is 0.542. The van der Waals surface area contributed by atoms with Gasteiger partial charge in [0.05, 0.1) is 6.61 Å². The second kappa shape index (κ2) is 6.13. The number of hydrogen-bond donors (Lipinski definition) is 3. The number of nitrogens with two attached hydrogens (primary N) is 1. The molecule has 0 saturated carbocycles. The van der Waals surface area contributed by atoms with E-state index >= 15 is 0 Å². The van der Waals surface area contributed by atoms with Crippen LogP contribution in [0.15, 0.2) is 10.8 Å². The Morgan fingerprint density at radius 3 is 3.00 bits per heavy atom. The van der Waals surface area contributed by atoms with Gasteiger partial charge in [-0.2, -0.15) is 0 Å². The normalized spacial score (nSPS) is 20.0. The van der Waals surface area contributed by atoms with Crippen molar-refractivity contribution in [2.75, 3.05) is 30.5 Å². The number of hydrazine groups is 1. The molecule has 0 spiro atoms. The Morgan fingerprint density at radius 2 is 2.29 bits per heavy atom. The van der Waals surface area contributed by atoms with Crippen LogP contribution in [0.2, 0.25) is 0 Å². The molecule has 0 aliphatic carbocycles. The summed E-state index contributed by atoms with van der Waals surface area (Å²) in [6.07, 6.45) is 3.80. The molecular weight excluding hydrogens is 286 g/mol. The third-order valence-corrected chi connectivity index (χ3v) is 3.49. The van der Waals surface area contributed by atoms with Gasteiger partial charge < -0.3 is 15.5 Å². The molecule has 1 aliphatic rings. The van der Waals surface area contributed by atoms with Crippen molar-refractivity contribution < 1.29 is 4.74 Å².